The van der Waals surface area contributed by atoms with Gasteiger partial charge in [0.25, 0.3) is 0 Å². The van der Waals surface area contributed by atoms with Crippen LogP contribution in [0.3, 0.4) is 0 Å². The van der Waals surface area contributed by atoms with Gasteiger partial charge in [0.15, 0.2) is 0 Å². The van der Waals surface area contributed by atoms with Gasteiger partial charge in [0.1, 0.15) is 0 Å². The Morgan fingerprint density at radius 3 is 2.76 bits per heavy atom. The lowest BCUT2D eigenvalue weighted by molar-refractivity contribution is -0.127. The number of carbonyl (C=O) groups excluding carboxylic acids is 2. The van der Waals surface area contributed by atoms with E-state index >= 15 is 0 Å². The van der Waals surface area contributed by atoms with Crippen molar-refractivity contribution in [1.29, 1.82) is 0 Å². The molecule has 6 heteroatoms. The van der Waals surface area contributed by atoms with E-state index in [-0.39, 0.29) is 23.8 Å². The minimum absolute atomic E-state index is 0.0599. The topological polar surface area (TPSA) is 75.4 Å². The van der Waals surface area contributed by atoms with Crippen LogP contribution in [0.5, 0.6) is 0 Å². The van der Waals surface area contributed by atoms with Gasteiger partial charge in [0.05, 0.1) is 6.04 Å². The molecule has 1 aliphatic heterocycles. The SMILES string of the molecule is C[C@@H](C(N)=O)N1CCC(C(=O)NCCc2cccs2)CC1. The Hall–Kier alpha value is -1.40. The molecule has 3 N–H and O–H groups in total. The second-order valence-electron chi connectivity index (χ2n) is 5.51. The van der Waals surface area contributed by atoms with E-state index in [1.807, 2.05) is 18.4 Å². The minimum atomic E-state index is -0.297. The van der Waals surface area contributed by atoms with Crippen LogP contribution in [0.2, 0.25) is 0 Å². The molecule has 0 bridgehead atoms. The van der Waals surface area contributed by atoms with Crippen LogP contribution in [0.1, 0.15) is 24.6 Å². The number of piperidine rings is 1. The number of thiophene rings is 1. The Balaban J connectivity index is 1.69. The third kappa shape index (κ3) is 4.54. The second-order valence-corrected chi connectivity index (χ2v) is 6.54. The number of amides is 2. The second kappa shape index (κ2) is 7.56. The molecule has 2 rings (SSSR count). The summed E-state index contributed by atoms with van der Waals surface area (Å²) >= 11 is 1.71. The van der Waals surface area contributed by atoms with Crippen LogP contribution >= 0.6 is 11.3 Å². The van der Waals surface area contributed by atoms with Crippen molar-refractivity contribution < 1.29 is 9.59 Å². The molecule has 2 heterocycles. The smallest absolute Gasteiger partial charge is 0.234 e. The zero-order valence-corrected chi connectivity index (χ0v) is 13.2. The lowest BCUT2D eigenvalue weighted by Crippen LogP contribution is -2.48. The van der Waals surface area contributed by atoms with Crippen LogP contribution in [0.15, 0.2) is 17.5 Å². The van der Waals surface area contributed by atoms with Crippen molar-refractivity contribution in [3.8, 4) is 0 Å². The van der Waals surface area contributed by atoms with Gasteiger partial charge >= 0.3 is 0 Å². The molecule has 1 aliphatic rings. The van der Waals surface area contributed by atoms with E-state index in [0.717, 1.165) is 32.4 Å². The molecule has 0 aliphatic carbocycles. The van der Waals surface area contributed by atoms with E-state index in [4.69, 9.17) is 5.73 Å². The van der Waals surface area contributed by atoms with Crippen LogP contribution in [0.4, 0.5) is 0 Å². The molecule has 1 saturated heterocycles. The van der Waals surface area contributed by atoms with E-state index in [1.54, 1.807) is 11.3 Å². The van der Waals surface area contributed by atoms with Crippen LogP contribution in [-0.2, 0) is 16.0 Å². The average molecular weight is 309 g/mol. The third-order valence-electron chi connectivity index (χ3n) is 4.11. The Kier molecular flexibility index (Phi) is 5.76. The molecule has 1 atom stereocenters. The fraction of sp³-hybridized carbons (Fsp3) is 0.600. The summed E-state index contributed by atoms with van der Waals surface area (Å²) in [4.78, 5) is 26.6. The summed E-state index contributed by atoms with van der Waals surface area (Å²) in [6, 6.07) is 3.87. The summed E-state index contributed by atoms with van der Waals surface area (Å²) in [6.45, 7) is 4.03. The molecule has 5 nitrogen and oxygen atoms in total. The highest BCUT2D eigenvalue weighted by atomic mass is 32.1. The van der Waals surface area contributed by atoms with E-state index in [2.05, 4.69) is 16.3 Å². The standard InChI is InChI=1S/C15H23N3O2S/c1-11(14(16)19)18-8-5-12(6-9-18)15(20)17-7-4-13-3-2-10-21-13/h2-3,10-12H,4-9H2,1H3,(H2,16,19)(H,17,20)/t11-/m0/s1. The quantitative estimate of drug-likeness (QED) is 0.823. The van der Waals surface area contributed by atoms with Crippen molar-refractivity contribution in [2.75, 3.05) is 19.6 Å². The molecule has 2 amide bonds. The summed E-state index contributed by atoms with van der Waals surface area (Å²) in [5.41, 5.74) is 5.31. The Labute approximate surface area is 129 Å². The average Bonchev–Trinajstić information content (AvgIpc) is 2.99. The largest absolute Gasteiger partial charge is 0.368 e. The highest BCUT2D eigenvalue weighted by Crippen LogP contribution is 2.19. The van der Waals surface area contributed by atoms with Crippen molar-refractivity contribution in [3.63, 3.8) is 0 Å². The van der Waals surface area contributed by atoms with Crippen molar-refractivity contribution in [1.82, 2.24) is 10.2 Å². The van der Waals surface area contributed by atoms with Gasteiger partial charge in [-0.2, -0.15) is 0 Å². The molecule has 0 aromatic carbocycles. The van der Waals surface area contributed by atoms with E-state index in [1.165, 1.54) is 4.88 Å². The molecule has 0 spiro atoms. The number of hydrogen-bond acceptors (Lipinski definition) is 4. The van der Waals surface area contributed by atoms with E-state index in [0.29, 0.717) is 6.54 Å². The molecule has 0 saturated carbocycles. The molecule has 1 fully saturated rings. The zero-order valence-electron chi connectivity index (χ0n) is 12.4. The van der Waals surface area contributed by atoms with Crippen LogP contribution in [0, 0.1) is 5.92 Å². The summed E-state index contributed by atoms with van der Waals surface area (Å²) in [6.07, 6.45) is 2.48. The number of nitrogens with two attached hydrogens (primary N) is 1. The third-order valence-corrected chi connectivity index (χ3v) is 5.05. The van der Waals surface area contributed by atoms with Crippen molar-refractivity contribution in [2.45, 2.75) is 32.2 Å². The van der Waals surface area contributed by atoms with Gasteiger partial charge in [-0.3, -0.25) is 14.5 Å². The molecule has 1 aromatic rings. The fourth-order valence-electron chi connectivity index (χ4n) is 2.64. The number of rotatable bonds is 6. The van der Waals surface area contributed by atoms with Gasteiger partial charge in [-0.25, -0.2) is 0 Å². The highest BCUT2D eigenvalue weighted by Gasteiger charge is 2.28. The van der Waals surface area contributed by atoms with Crippen LogP contribution < -0.4 is 11.1 Å². The number of nitrogens with zero attached hydrogens (tertiary/aromatic N) is 1. The van der Waals surface area contributed by atoms with Crippen LogP contribution in [0.25, 0.3) is 0 Å². The number of likely N-dealkylation sites (tertiary alicyclic amines) is 1. The van der Waals surface area contributed by atoms with E-state index < -0.39 is 0 Å². The Morgan fingerprint density at radius 2 is 2.19 bits per heavy atom. The van der Waals surface area contributed by atoms with Gasteiger partial charge in [-0.15, -0.1) is 11.3 Å². The number of hydrogen-bond donors (Lipinski definition) is 2. The molecule has 0 radical (unpaired) electrons. The first kappa shape index (κ1) is 16.0. The molecular formula is C15H23N3O2S. The first-order chi connectivity index (χ1) is 10.1. The first-order valence-electron chi connectivity index (χ1n) is 7.41. The van der Waals surface area contributed by atoms with Crippen molar-refractivity contribution in [2.24, 2.45) is 11.7 Å². The maximum Gasteiger partial charge on any atom is 0.234 e. The fourth-order valence-corrected chi connectivity index (χ4v) is 3.35. The van der Waals surface area contributed by atoms with Crippen molar-refractivity contribution in [3.05, 3.63) is 22.4 Å². The normalized spacial score (nSPS) is 18.3. The zero-order chi connectivity index (χ0) is 15.2. The predicted octanol–water partition coefficient (Wildman–Crippen LogP) is 0.993. The predicted molar refractivity (Wildman–Crippen MR) is 84.0 cm³/mol. The lowest BCUT2D eigenvalue weighted by Gasteiger charge is -2.34. The Morgan fingerprint density at radius 1 is 1.48 bits per heavy atom. The van der Waals surface area contributed by atoms with Gasteiger partial charge < -0.3 is 11.1 Å². The summed E-state index contributed by atoms with van der Waals surface area (Å²) in [7, 11) is 0. The van der Waals surface area contributed by atoms with Crippen LogP contribution in [-0.4, -0.2) is 42.4 Å². The highest BCUT2D eigenvalue weighted by molar-refractivity contribution is 7.09. The van der Waals surface area contributed by atoms with Gasteiger partial charge in [-0.05, 0) is 50.7 Å². The van der Waals surface area contributed by atoms with Crippen molar-refractivity contribution >= 4 is 23.2 Å². The first-order valence-corrected chi connectivity index (χ1v) is 8.29. The lowest BCUT2D eigenvalue weighted by atomic mass is 9.95. The molecular weight excluding hydrogens is 286 g/mol. The molecule has 0 unspecified atom stereocenters. The van der Waals surface area contributed by atoms with E-state index in [9.17, 15) is 9.59 Å². The van der Waals surface area contributed by atoms with Gasteiger partial charge in [-0.1, -0.05) is 6.07 Å². The number of carbonyl (C=O) groups is 2. The molecule has 21 heavy (non-hydrogen) atoms. The molecule has 116 valence electrons. The summed E-state index contributed by atoms with van der Waals surface area (Å²) < 4.78 is 0. The summed E-state index contributed by atoms with van der Waals surface area (Å²) in [5, 5.41) is 5.06. The van der Waals surface area contributed by atoms with Gasteiger partial charge in [0, 0.05) is 17.3 Å². The maximum absolute atomic E-state index is 12.1. The van der Waals surface area contributed by atoms with Gasteiger partial charge in [0.2, 0.25) is 11.8 Å². The number of nitrogens with one attached hydrogen (secondary N) is 1. The maximum atomic E-state index is 12.1. The number of primary amides is 1. The molecule has 1 aromatic heterocycles. The minimum Gasteiger partial charge on any atom is -0.368 e. The summed E-state index contributed by atoms with van der Waals surface area (Å²) in [5.74, 6) is -0.101. The monoisotopic (exact) mass is 309 g/mol. The Bertz CT molecular complexity index is 467.